The first kappa shape index (κ1) is 9.97. The first-order valence-corrected chi connectivity index (χ1v) is 4.87. The maximum Gasteiger partial charge on any atom is 0.257 e. The number of nitrogens with two attached hydrogens (primary N) is 1. The van der Waals surface area contributed by atoms with Crippen LogP contribution in [0.5, 0.6) is 0 Å². The summed E-state index contributed by atoms with van der Waals surface area (Å²) in [7, 11) is 0. The third-order valence-electron chi connectivity index (χ3n) is 2.49. The average Bonchev–Trinajstić information content (AvgIpc) is 2.26. The number of rotatable bonds is 1. The molecule has 0 amide bonds. The van der Waals surface area contributed by atoms with Crippen LogP contribution in [0.4, 0.5) is 11.8 Å². The Kier molecular flexibility index (Phi) is 2.59. The van der Waals surface area contributed by atoms with Crippen LogP contribution in [0.1, 0.15) is 5.56 Å². The van der Waals surface area contributed by atoms with E-state index in [0.717, 1.165) is 13.1 Å². The van der Waals surface area contributed by atoms with Crippen LogP contribution >= 0.6 is 0 Å². The fourth-order valence-electron chi connectivity index (χ4n) is 1.46. The highest BCUT2D eigenvalue weighted by Crippen LogP contribution is 2.10. The number of hydrogen-bond donors (Lipinski definition) is 2. The third-order valence-corrected chi connectivity index (χ3v) is 2.49. The number of nitrogens with one attached hydrogen (secondary N) is 1. The second-order valence-corrected chi connectivity index (χ2v) is 3.50. The van der Waals surface area contributed by atoms with Gasteiger partial charge in [0.1, 0.15) is 5.82 Å². The highest BCUT2D eigenvalue weighted by Gasteiger charge is 2.14. The molecule has 0 aliphatic carbocycles. The molecule has 1 fully saturated rings. The van der Waals surface area contributed by atoms with E-state index in [4.69, 9.17) is 10.5 Å². The molecule has 82 valence electrons. The molecule has 1 saturated heterocycles. The van der Waals surface area contributed by atoms with E-state index in [1.165, 1.54) is 0 Å². The van der Waals surface area contributed by atoms with E-state index in [1.54, 1.807) is 6.92 Å². The van der Waals surface area contributed by atoms with Gasteiger partial charge >= 0.3 is 0 Å². The molecule has 6 nitrogen and oxygen atoms in total. The quantitative estimate of drug-likeness (QED) is 0.652. The Hall–Kier alpha value is -1.56. The molecule has 0 atom stereocenters. The number of hydrogen-bond acceptors (Lipinski definition) is 5. The maximum absolute atomic E-state index is 11.5. The van der Waals surface area contributed by atoms with Gasteiger partial charge in [0.05, 0.1) is 18.8 Å². The standard InChI is InChI=1S/C9H14N4O2/c1-6-7(10)11-9(12-8(6)14)13-2-4-15-5-3-13/h2-5H2,1H3,(H3,10,11,12,14). The summed E-state index contributed by atoms with van der Waals surface area (Å²) in [4.78, 5) is 20.3. The number of anilines is 2. The molecule has 1 aromatic rings. The second-order valence-electron chi connectivity index (χ2n) is 3.50. The normalized spacial score (nSPS) is 16.7. The molecule has 1 aromatic heterocycles. The Morgan fingerprint density at radius 3 is 2.73 bits per heavy atom. The van der Waals surface area contributed by atoms with Crippen molar-refractivity contribution in [3.8, 4) is 0 Å². The van der Waals surface area contributed by atoms with Crippen LogP contribution < -0.4 is 16.2 Å². The van der Waals surface area contributed by atoms with Gasteiger partial charge in [0.15, 0.2) is 0 Å². The predicted molar refractivity (Wildman–Crippen MR) is 57.0 cm³/mol. The molecule has 15 heavy (non-hydrogen) atoms. The summed E-state index contributed by atoms with van der Waals surface area (Å²) in [5, 5.41) is 0. The summed E-state index contributed by atoms with van der Waals surface area (Å²) in [6, 6.07) is 0. The topological polar surface area (TPSA) is 84.2 Å². The van der Waals surface area contributed by atoms with E-state index in [1.807, 2.05) is 4.90 Å². The zero-order valence-electron chi connectivity index (χ0n) is 8.62. The summed E-state index contributed by atoms with van der Waals surface area (Å²) >= 11 is 0. The molecule has 2 rings (SSSR count). The van der Waals surface area contributed by atoms with E-state index in [9.17, 15) is 4.79 Å². The monoisotopic (exact) mass is 210 g/mol. The van der Waals surface area contributed by atoms with Crippen molar-refractivity contribution in [1.29, 1.82) is 0 Å². The van der Waals surface area contributed by atoms with E-state index in [2.05, 4.69) is 9.97 Å². The van der Waals surface area contributed by atoms with Crippen LogP contribution in [0.2, 0.25) is 0 Å². The number of aromatic amines is 1. The maximum atomic E-state index is 11.5. The van der Waals surface area contributed by atoms with Gasteiger partial charge in [-0.25, -0.2) is 0 Å². The lowest BCUT2D eigenvalue weighted by Gasteiger charge is -2.27. The molecular formula is C9H14N4O2. The van der Waals surface area contributed by atoms with Crippen LogP contribution in [0, 0.1) is 6.92 Å². The van der Waals surface area contributed by atoms with E-state index < -0.39 is 0 Å². The first-order chi connectivity index (χ1) is 7.18. The number of H-pyrrole nitrogens is 1. The number of ether oxygens (including phenoxy) is 1. The van der Waals surface area contributed by atoms with Gasteiger partial charge in [-0.1, -0.05) is 0 Å². The highest BCUT2D eigenvalue weighted by molar-refractivity contribution is 5.43. The van der Waals surface area contributed by atoms with E-state index >= 15 is 0 Å². The van der Waals surface area contributed by atoms with Gasteiger partial charge in [0.25, 0.3) is 5.56 Å². The molecule has 2 heterocycles. The van der Waals surface area contributed by atoms with E-state index in [-0.39, 0.29) is 5.56 Å². The number of aromatic nitrogens is 2. The molecular weight excluding hydrogens is 196 g/mol. The fraction of sp³-hybridized carbons (Fsp3) is 0.556. The van der Waals surface area contributed by atoms with Gasteiger partial charge < -0.3 is 15.4 Å². The van der Waals surface area contributed by atoms with Crippen molar-refractivity contribution in [2.75, 3.05) is 36.9 Å². The van der Waals surface area contributed by atoms with Crippen LogP contribution in [-0.4, -0.2) is 36.3 Å². The lowest BCUT2D eigenvalue weighted by atomic mass is 10.3. The average molecular weight is 210 g/mol. The van der Waals surface area contributed by atoms with Crippen molar-refractivity contribution in [1.82, 2.24) is 9.97 Å². The lowest BCUT2D eigenvalue weighted by Crippen LogP contribution is -2.38. The van der Waals surface area contributed by atoms with Crippen molar-refractivity contribution in [3.05, 3.63) is 15.9 Å². The molecule has 0 bridgehead atoms. The molecule has 0 radical (unpaired) electrons. The molecule has 6 heteroatoms. The van der Waals surface area contributed by atoms with Gasteiger partial charge in [-0.2, -0.15) is 4.98 Å². The minimum absolute atomic E-state index is 0.177. The Bertz CT molecular complexity index is 409. The van der Waals surface area contributed by atoms with Crippen LogP contribution in [0.25, 0.3) is 0 Å². The summed E-state index contributed by atoms with van der Waals surface area (Å²) in [5.41, 5.74) is 5.93. The molecule has 3 N–H and O–H groups in total. The minimum atomic E-state index is -0.177. The van der Waals surface area contributed by atoms with Crippen molar-refractivity contribution in [2.24, 2.45) is 0 Å². The molecule has 0 saturated carbocycles. The molecule has 1 aliphatic rings. The Labute approximate surface area is 87.1 Å². The largest absolute Gasteiger partial charge is 0.383 e. The summed E-state index contributed by atoms with van der Waals surface area (Å²) < 4.78 is 5.21. The number of nitrogen functional groups attached to an aromatic ring is 1. The van der Waals surface area contributed by atoms with Crippen molar-refractivity contribution >= 4 is 11.8 Å². The Morgan fingerprint density at radius 2 is 2.13 bits per heavy atom. The van der Waals surface area contributed by atoms with Crippen LogP contribution in [-0.2, 0) is 4.74 Å². The van der Waals surface area contributed by atoms with Gasteiger partial charge in [-0.3, -0.25) is 9.78 Å². The lowest BCUT2D eigenvalue weighted by molar-refractivity contribution is 0.122. The van der Waals surface area contributed by atoms with Gasteiger partial charge in [-0.15, -0.1) is 0 Å². The van der Waals surface area contributed by atoms with Crippen LogP contribution in [0.3, 0.4) is 0 Å². The predicted octanol–water partition coefficient (Wildman–Crippen LogP) is -0.503. The molecule has 0 spiro atoms. The van der Waals surface area contributed by atoms with Gasteiger partial charge in [-0.05, 0) is 6.92 Å². The second kappa shape index (κ2) is 3.90. The van der Waals surface area contributed by atoms with Crippen molar-refractivity contribution in [2.45, 2.75) is 6.92 Å². The summed E-state index contributed by atoms with van der Waals surface area (Å²) in [6.45, 7) is 4.41. The van der Waals surface area contributed by atoms with Crippen molar-refractivity contribution in [3.63, 3.8) is 0 Å². The third kappa shape index (κ3) is 1.94. The minimum Gasteiger partial charge on any atom is -0.383 e. The highest BCUT2D eigenvalue weighted by atomic mass is 16.5. The van der Waals surface area contributed by atoms with Crippen molar-refractivity contribution < 1.29 is 4.74 Å². The number of morpholine rings is 1. The van der Waals surface area contributed by atoms with E-state index in [0.29, 0.717) is 30.5 Å². The fourth-order valence-corrected chi connectivity index (χ4v) is 1.46. The summed E-state index contributed by atoms with van der Waals surface area (Å²) in [6.07, 6.45) is 0. The Morgan fingerprint density at radius 1 is 1.47 bits per heavy atom. The smallest absolute Gasteiger partial charge is 0.257 e. The number of nitrogens with zero attached hydrogens (tertiary/aromatic N) is 2. The van der Waals surface area contributed by atoms with Gasteiger partial charge in [0, 0.05) is 13.1 Å². The SMILES string of the molecule is Cc1c(N)nc(N2CCOCC2)[nH]c1=O. The molecule has 1 aliphatic heterocycles. The molecule has 0 unspecified atom stereocenters. The molecule has 0 aromatic carbocycles. The van der Waals surface area contributed by atoms with Gasteiger partial charge in [0.2, 0.25) is 5.95 Å². The van der Waals surface area contributed by atoms with Crippen LogP contribution in [0.15, 0.2) is 4.79 Å². The first-order valence-electron chi connectivity index (χ1n) is 4.87. The summed E-state index contributed by atoms with van der Waals surface area (Å²) in [5.74, 6) is 0.826. The Balaban J connectivity index is 2.32. The zero-order chi connectivity index (χ0) is 10.8. The zero-order valence-corrected chi connectivity index (χ0v) is 8.62.